The highest BCUT2D eigenvalue weighted by molar-refractivity contribution is 14.1. The van der Waals surface area contributed by atoms with Crippen LogP contribution in [0.5, 0.6) is 0 Å². The van der Waals surface area contributed by atoms with E-state index >= 15 is 0 Å². The number of nitrogens with zero attached hydrogens (tertiary/aromatic N) is 2. The van der Waals surface area contributed by atoms with Gasteiger partial charge in [0.25, 0.3) is 5.91 Å². The van der Waals surface area contributed by atoms with Crippen molar-refractivity contribution in [1.82, 2.24) is 4.90 Å². The van der Waals surface area contributed by atoms with Crippen LogP contribution in [0.2, 0.25) is 0 Å². The summed E-state index contributed by atoms with van der Waals surface area (Å²) in [5.41, 5.74) is 1.32. The van der Waals surface area contributed by atoms with Gasteiger partial charge in [-0.15, -0.1) is 11.3 Å². The molecule has 0 spiro atoms. The third-order valence-corrected chi connectivity index (χ3v) is 4.53. The molecule has 0 atom stereocenters. The van der Waals surface area contributed by atoms with E-state index in [-0.39, 0.29) is 12.5 Å². The van der Waals surface area contributed by atoms with Crippen molar-refractivity contribution in [2.24, 2.45) is 0 Å². The number of amides is 1. The molecule has 0 aliphatic rings. The Morgan fingerprint density at radius 3 is 2.85 bits per heavy atom. The Hall–Kier alpha value is -1.46. The van der Waals surface area contributed by atoms with Crippen molar-refractivity contribution in [1.29, 1.82) is 5.26 Å². The Labute approximate surface area is 133 Å². The van der Waals surface area contributed by atoms with Gasteiger partial charge in [0.05, 0.1) is 20.1 Å². The highest BCUT2D eigenvalue weighted by atomic mass is 127. The number of hydrogen-bond acceptors (Lipinski definition) is 3. The van der Waals surface area contributed by atoms with Gasteiger partial charge >= 0.3 is 0 Å². The molecule has 6 heteroatoms. The number of benzene rings is 1. The van der Waals surface area contributed by atoms with E-state index in [2.05, 4.69) is 22.6 Å². The molecule has 0 bridgehead atoms. The average Bonchev–Trinajstić information content (AvgIpc) is 2.87. The maximum Gasteiger partial charge on any atom is 0.254 e. The first-order valence-electron chi connectivity index (χ1n) is 5.69. The van der Waals surface area contributed by atoms with Gasteiger partial charge in [0.2, 0.25) is 0 Å². The van der Waals surface area contributed by atoms with Crippen molar-refractivity contribution in [3.05, 3.63) is 55.0 Å². The molecule has 3 nitrogen and oxygen atoms in total. The second kappa shape index (κ2) is 6.33. The number of thiophene rings is 1. The van der Waals surface area contributed by atoms with Gasteiger partial charge < -0.3 is 4.90 Å². The van der Waals surface area contributed by atoms with E-state index in [1.165, 1.54) is 34.4 Å². The standard InChI is InChI=1S/C14H10FIN2OS/c1-18(14(19)11-5-13(16)20-8-11)7-10-4-9(6-17)2-3-12(10)15/h2-5,8H,7H2,1H3. The molecule has 2 rings (SSSR count). The third kappa shape index (κ3) is 3.35. The molecular weight excluding hydrogens is 390 g/mol. The predicted molar refractivity (Wildman–Crippen MR) is 83.9 cm³/mol. The molecule has 0 aliphatic carbocycles. The minimum Gasteiger partial charge on any atom is -0.337 e. The SMILES string of the molecule is CN(Cc1cc(C#N)ccc1F)C(=O)c1csc(I)c1. The Balaban J connectivity index is 2.17. The van der Waals surface area contributed by atoms with E-state index in [0.717, 1.165) is 2.88 Å². The first-order chi connectivity index (χ1) is 9.51. The average molecular weight is 400 g/mol. The molecule has 1 heterocycles. The van der Waals surface area contributed by atoms with Crippen LogP contribution < -0.4 is 0 Å². The summed E-state index contributed by atoms with van der Waals surface area (Å²) in [7, 11) is 1.62. The van der Waals surface area contributed by atoms with Crippen molar-refractivity contribution < 1.29 is 9.18 Å². The Morgan fingerprint density at radius 1 is 1.50 bits per heavy atom. The first-order valence-corrected chi connectivity index (χ1v) is 7.65. The van der Waals surface area contributed by atoms with Gasteiger partial charge in [-0.05, 0) is 46.9 Å². The predicted octanol–water partition coefficient (Wildman–Crippen LogP) is 3.64. The molecule has 1 aromatic carbocycles. The zero-order valence-electron chi connectivity index (χ0n) is 10.6. The molecule has 0 unspecified atom stereocenters. The van der Waals surface area contributed by atoms with E-state index in [0.29, 0.717) is 16.7 Å². The van der Waals surface area contributed by atoms with Gasteiger partial charge in [-0.3, -0.25) is 4.79 Å². The van der Waals surface area contributed by atoms with Crippen LogP contribution >= 0.6 is 33.9 Å². The molecule has 0 aliphatic heterocycles. The number of hydrogen-bond donors (Lipinski definition) is 0. The lowest BCUT2D eigenvalue weighted by Gasteiger charge is -2.17. The van der Waals surface area contributed by atoms with Crippen LogP contribution in [0.15, 0.2) is 29.6 Å². The van der Waals surface area contributed by atoms with E-state index in [9.17, 15) is 9.18 Å². The largest absolute Gasteiger partial charge is 0.337 e. The summed E-state index contributed by atoms with van der Waals surface area (Å²) in [5.74, 6) is -0.575. The van der Waals surface area contributed by atoms with Gasteiger partial charge in [-0.2, -0.15) is 5.26 Å². The number of halogens is 2. The minimum atomic E-state index is -0.413. The Morgan fingerprint density at radius 2 is 2.25 bits per heavy atom. The summed E-state index contributed by atoms with van der Waals surface area (Å²) >= 11 is 3.64. The van der Waals surface area contributed by atoms with Crippen LogP contribution in [0.25, 0.3) is 0 Å². The highest BCUT2D eigenvalue weighted by Crippen LogP contribution is 2.19. The van der Waals surface area contributed by atoms with E-state index in [1.807, 2.05) is 6.07 Å². The maximum absolute atomic E-state index is 13.7. The van der Waals surface area contributed by atoms with Crippen molar-refractivity contribution in [3.8, 4) is 6.07 Å². The summed E-state index contributed by atoms with van der Waals surface area (Å²) in [6.07, 6.45) is 0. The van der Waals surface area contributed by atoms with Crippen LogP contribution in [-0.4, -0.2) is 17.9 Å². The summed E-state index contributed by atoms with van der Waals surface area (Å²) in [4.78, 5) is 13.6. The quantitative estimate of drug-likeness (QED) is 0.739. The Bertz CT molecular complexity index is 693. The van der Waals surface area contributed by atoms with Crippen molar-refractivity contribution in [2.45, 2.75) is 6.54 Å². The monoisotopic (exact) mass is 400 g/mol. The van der Waals surface area contributed by atoms with Gasteiger partial charge in [0, 0.05) is 24.5 Å². The lowest BCUT2D eigenvalue weighted by molar-refractivity contribution is 0.0784. The summed E-state index contributed by atoms with van der Waals surface area (Å²) < 4.78 is 14.7. The molecule has 1 aromatic heterocycles. The second-order valence-electron chi connectivity index (χ2n) is 4.22. The zero-order chi connectivity index (χ0) is 14.7. The fourth-order valence-corrected chi connectivity index (χ4v) is 3.06. The number of rotatable bonds is 3. The summed E-state index contributed by atoms with van der Waals surface area (Å²) in [6, 6.07) is 7.90. The molecule has 0 saturated carbocycles. The molecule has 2 aromatic rings. The molecule has 0 saturated heterocycles. The second-order valence-corrected chi connectivity index (χ2v) is 7.02. The Kier molecular flexibility index (Phi) is 4.73. The summed E-state index contributed by atoms with van der Waals surface area (Å²) in [6.45, 7) is 0.132. The molecule has 0 radical (unpaired) electrons. The van der Waals surface area contributed by atoms with Crippen LogP contribution in [0.3, 0.4) is 0 Å². The lowest BCUT2D eigenvalue weighted by Crippen LogP contribution is -2.26. The molecule has 1 amide bonds. The van der Waals surface area contributed by atoms with Gasteiger partial charge in [-0.25, -0.2) is 4.39 Å². The van der Waals surface area contributed by atoms with E-state index in [4.69, 9.17) is 5.26 Å². The van der Waals surface area contributed by atoms with Crippen molar-refractivity contribution >= 4 is 39.8 Å². The van der Waals surface area contributed by atoms with E-state index in [1.54, 1.807) is 18.5 Å². The van der Waals surface area contributed by atoms with Crippen LogP contribution in [0.1, 0.15) is 21.5 Å². The topological polar surface area (TPSA) is 44.1 Å². The fourth-order valence-electron chi connectivity index (χ4n) is 1.74. The van der Waals surface area contributed by atoms with Crippen LogP contribution in [0.4, 0.5) is 4.39 Å². The fraction of sp³-hybridized carbons (Fsp3) is 0.143. The normalized spacial score (nSPS) is 10.1. The van der Waals surface area contributed by atoms with Gasteiger partial charge in [-0.1, -0.05) is 0 Å². The third-order valence-electron chi connectivity index (χ3n) is 2.74. The highest BCUT2D eigenvalue weighted by Gasteiger charge is 2.15. The molecule has 102 valence electrons. The van der Waals surface area contributed by atoms with Crippen molar-refractivity contribution in [2.75, 3.05) is 7.05 Å². The number of carbonyl (C=O) groups excluding carboxylic acids is 1. The van der Waals surface area contributed by atoms with Gasteiger partial charge in [0.1, 0.15) is 5.82 Å². The summed E-state index contributed by atoms with van der Waals surface area (Å²) in [5, 5.41) is 10.6. The molecule has 0 N–H and O–H groups in total. The number of carbonyl (C=O) groups is 1. The molecule has 0 fully saturated rings. The van der Waals surface area contributed by atoms with E-state index < -0.39 is 5.82 Å². The zero-order valence-corrected chi connectivity index (χ0v) is 13.5. The van der Waals surface area contributed by atoms with Crippen molar-refractivity contribution in [3.63, 3.8) is 0 Å². The molecular formula is C14H10FIN2OS. The lowest BCUT2D eigenvalue weighted by atomic mass is 10.1. The minimum absolute atomic E-state index is 0.132. The first kappa shape index (κ1) is 14.9. The maximum atomic E-state index is 13.7. The smallest absolute Gasteiger partial charge is 0.254 e. The van der Waals surface area contributed by atoms with Crippen LogP contribution in [-0.2, 0) is 6.54 Å². The van der Waals surface area contributed by atoms with Gasteiger partial charge in [0.15, 0.2) is 0 Å². The number of nitriles is 1. The molecule has 20 heavy (non-hydrogen) atoms. The van der Waals surface area contributed by atoms with Crippen LogP contribution in [0, 0.1) is 20.0 Å².